The molecule has 0 aliphatic heterocycles. The van der Waals surface area contributed by atoms with Gasteiger partial charge in [-0.1, -0.05) is 113 Å². The number of rotatable bonds is 19. The number of carbonyl (C=O) groups excluding carboxylic acids is 1. The zero-order chi connectivity index (χ0) is 35.0. The van der Waals surface area contributed by atoms with Crippen molar-refractivity contribution in [1.82, 2.24) is 30.3 Å². The predicted octanol–water partition coefficient (Wildman–Crippen LogP) is 8.46. The Kier molecular flexibility index (Phi) is 13.5. The van der Waals surface area contributed by atoms with Gasteiger partial charge in [-0.15, -0.1) is 10.2 Å². The van der Waals surface area contributed by atoms with E-state index in [-0.39, 0.29) is 27.7 Å². The lowest BCUT2D eigenvalue weighted by atomic mass is 9.72. The zero-order valence-corrected chi connectivity index (χ0v) is 31.2. The van der Waals surface area contributed by atoms with Gasteiger partial charge in [-0.3, -0.25) is 15.6 Å². The van der Waals surface area contributed by atoms with Gasteiger partial charge in [0.05, 0.1) is 6.04 Å². The molecule has 47 heavy (non-hydrogen) atoms. The molecule has 10 nitrogen and oxygen atoms in total. The monoisotopic (exact) mass is 671 g/mol. The lowest BCUT2D eigenvalue weighted by Crippen LogP contribution is -2.30. The third-order valence-corrected chi connectivity index (χ3v) is 9.31. The highest BCUT2D eigenvalue weighted by atomic mass is 32.2. The van der Waals surface area contributed by atoms with Crippen LogP contribution in [-0.2, 0) is 26.9 Å². The van der Waals surface area contributed by atoms with Gasteiger partial charge in [-0.25, -0.2) is 4.52 Å². The highest BCUT2D eigenvalue weighted by Gasteiger charge is 2.30. The van der Waals surface area contributed by atoms with Gasteiger partial charge in [0, 0.05) is 17.2 Å². The molecule has 0 aliphatic carbocycles. The number of benzene rings is 1. The molecule has 0 fully saturated rings. The molecule has 1 radical (unpaired) electrons. The van der Waals surface area contributed by atoms with E-state index >= 15 is 0 Å². The number of aromatic amines is 1. The molecule has 1 amide bonds. The minimum atomic E-state index is -2.00. The van der Waals surface area contributed by atoms with Crippen LogP contribution >= 0.6 is 0 Å². The highest BCUT2D eigenvalue weighted by Crippen LogP contribution is 2.40. The summed E-state index contributed by atoms with van der Waals surface area (Å²) in [6.45, 7) is 21.3. The first-order valence-corrected chi connectivity index (χ1v) is 18.4. The topological polar surface area (TPSA) is 134 Å². The molecule has 3 aromatic rings. The Morgan fingerprint density at radius 3 is 2.19 bits per heavy atom. The Morgan fingerprint density at radius 2 is 1.60 bits per heavy atom. The molecule has 263 valence electrons. The molecular formula is C36H59N6O4S. The van der Waals surface area contributed by atoms with E-state index in [1.165, 1.54) is 32.1 Å². The van der Waals surface area contributed by atoms with Crippen molar-refractivity contribution in [3.63, 3.8) is 0 Å². The molecule has 3 unspecified atom stereocenters. The minimum Gasteiger partial charge on any atom is -0.477 e. The van der Waals surface area contributed by atoms with Crippen LogP contribution in [-0.4, -0.2) is 36.0 Å². The number of carbonyl (C=O) groups is 1. The number of nitrogens with zero attached hydrogens (tertiary/aromatic N) is 3. The van der Waals surface area contributed by atoms with E-state index in [1.807, 2.05) is 25.1 Å². The lowest BCUT2D eigenvalue weighted by Gasteiger charge is -2.33. The van der Waals surface area contributed by atoms with Crippen molar-refractivity contribution in [2.45, 2.75) is 156 Å². The first-order valence-electron chi connectivity index (χ1n) is 17.3. The van der Waals surface area contributed by atoms with Crippen LogP contribution in [0.3, 0.4) is 0 Å². The van der Waals surface area contributed by atoms with Crippen molar-refractivity contribution < 1.29 is 17.9 Å². The summed E-state index contributed by atoms with van der Waals surface area (Å²) in [4.78, 5) is 12.4. The first-order chi connectivity index (χ1) is 21.9. The van der Waals surface area contributed by atoms with Crippen LogP contribution < -0.4 is 19.4 Å². The minimum absolute atomic E-state index is 0.0759. The summed E-state index contributed by atoms with van der Waals surface area (Å²) in [5.41, 5.74) is 10.4. The van der Waals surface area contributed by atoms with Crippen LogP contribution in [0.4, 0.5) is 0 Å². The second-order valence-corrected chi connectivity index (χ2v) is 16.7. The molecule has 3 rings (SSSR count). The van der Waals surface area contributed by atoms with Gasteiger partial charge in [0.1, 0.15) is 0 Å². The smallest absolute Gasteiger partial charge is 0.288 e. The number of hydrogen-bond donors (Lipinski definition) is 2. The van der Waals surface area contributed by atoms with Crippen LogP contribution in [0.25, 0.3) is 5.65 Å². The molecule has 11 heteroatoms. The van der Waals surface area contributed by atoms with Crippen LogP contribution in [0, 0.1) is 5.41 Å². The zero-order valence-electron chi connectivity index (χ0n) is 30.4. The number of nitrogens with one attached hydrogen (secondary N) is 3. The van der Waals surface area contributed by atoms with E-state index in [4.69, 9.17) is 14.7 Å². The van der Waals surface area contributed by atoms with Crippen LogP contribution in [0.15, 0.2) is 24.3 Å². The second-order valence-electron chi connectivity index (χ2n) is 15.8. The fraction of sp³-hybridized carbons (Fsp3) is 0.694. The number of ether oxygens (including phenoxy) is 1. The molecule has 3 N–H and O–H groups in total. The average Bonchev–Trinajstić information content (AvgIpc) is 3.54. The van der Waals surface area contributed by atoms with Crippen molar-refractivity contribution >= 4 is 22.8 Å². The number of unbranched alkanes of at least 4 members (excludes halogenated alkanes) is 7. The van der Waals surface area contributed by atoms with Crippen LogP contribution in [0.1, 0.15) is 157 Å². The molecule has 1 aromatic carbocycles. The van der Waals surface area contributed by atoms with E-state index in [1.54, 1.807) is 10.6 Å². The Balaban J connectivity index is 1.79. The summed E-state index contributed by atoms with van der Waals surface area (Å²) in [6.07, 6.45) is 9.49. The molecule has 0 aliphatic rings. The molecule has 0 bridgehead atoms. The van der Waals surface area contributed by atoms with Crippen molar-refractivity contribution in [3.05, 3.63) is 41.3 Å². The van der Waals surface area contributed by atoms with Gasteiger partial charge in [0.2, 0.25) is 0 Å². The lowest BCUT2D eigenvalue weighted by molar-refractivity contribution is -0.125. The third kappa shape index (κ3) is 11.6. The van der Waals surface area contributed by atoms with Gasteiger partial charge < -0.3 is 8.92 Å². The van der Waals surface area contributed by atoms with Crippen LogP contribution in [0.5, 0.6) is 11.5 Å². The molecule has 3 atom stereocenters. The van der Waals surface area contributed by atoms with Gasteiger partial charge in [0.15, 0.2) is 29.1 Å². The second kappa shape index (κ2) is 16.5. The normalized spacial score (nSPS) is 14.7. The summed E-state index contributed by atoms with van der Waals surface area (Å²) in [5.74, 6) is 0.331. The van der Waals surface area contributed by atoms with Crippen molar-refractivity contribution in [1.29, 1.82) is 0 Å². The van der Waals surface area contributed by atoms with E-state index in [9.17, 15) is 9.00 Å². The van der Waals surface area contributed by atoms with Crippen LogP contribution in [0.2, 0.25) is 0 Å². The quantitative estimate of drug-likeness (QED) is 0.123. The maximum absolute atomic E-state index is 13.5. The fourth-order valence-electron chi connectivity index (χ4n) is 6.15. The first kappa shape index (κ1) is 38.5. The Bertz CT molecular complexity index is 1470. The molecule has 0 saturated carbocycles. The number of fused-ring (bicyclic) bond motifs is 1. The average molecular weight is 672 g/mol. The van der Waals surface area contributed by atoms with Crippen molar-refractivity contribution in [2.24, 2.45) is 5.41 Å². The SMILES string of the molecule is CCCCCCCCCCC(Oc1ccc(C(C)(C)CC(C)(C)C)cc1OS(=O)NC(C)c1nnc2cc(C(C)(C)C)[nH]n12)C([NH])=O. The van der Waals surface area contributed by atoms with E-state index in [0.29, 0.717) is 17.9 Å². The summed E-state index contributed by atoms with van der Waals surface area (Å²) < 4.78 is 30.4. The Morgan fingerprint density at radius 1 is 0.957 bits per heavy atom. The maximum atomic E-state index is 13.5. The fourth-order valence-corrected chi connectivity index (χ4v) is 6.88. The van der Waals surface area contributed by atoms with E-state index < -0.39 is 29.3 Å². The van der Waals surface area contributed by atoms with E-state index in [0.717, 1.165) is 36.9 Å². The van der Waals surface area contributed by atoms with Gasteiger partial charge >= 0.3 is 0 Å². The largest absolute Gasteiger partial charge is 0.477 e. The van der Waals surface area contributed by atoms with Gasteiger partial charge in [-0.05, 0) is 54.7 Å². The summed E-state index contributed by atoms with van der Waals surface area (Å²) in [5, 5.41) is 11.9. The summed E-state index contributed by atoms with van der Waals surface area (Å²) >= 11 is -2.00. The molecular weight excluding hydrogens is 613 g/mol. The Hall–Kier alpha value is -2.92. The molecule has 2 heterocycles. The predicted molar refractivity (Wildman–Crippen MR) is 190 cm³/mol. The number of aromatic nitrogens is 4. The van der Waals surface area contributed by atoms with E-state index in [2.05, 4.69) is 82.3 Å². The molecule has 2 aromatic heterocycles. The summed E-state index contributed by atoms with van der Waals surface area (Å²) in [6, 6.07) is 7.08. The number of amides is 1. The van der Waals surface area contributed by atoms with Crippen molar-refractivity contribution in [3.8, 4) is 11.5 Å². The van der Waals surface area contributed by atoms with Gasteiger partial charge in [0.25, 0.3) is 17.2 Å². The third-order valence-electron chi connectivity index (χ3n) is 8.43. The highest BCUT2D eigenvalue weighted by molar-refractivity contribution is 7.78. The van der Waals surface area contributed by atoms with Crippen molar-refractivity contribution in [2.75, 3.05) is 0 Å². The molecule has 0 spiro atoms. The standard InChI is InChI=1S/C36H59N6O4S/c1-11-12-13-14-15-16-17-18-19-28(32(37)43)45-27-21-20-26(36(9,10)24-34(3,4)5)22-29(27)46-47(44)41-25(2)33-39-38-31-23-30(35(6,7)8)40-42(31)33/h20-23,25,28,37,40-41H,11-19,24H2,1-10H3. The molecule has 0 saturated heterocycles. The summed E-state index contributed by atoms with van der Waals surface area (Å²) in [7, 11) is 0. The number of hydrogen-bond acceptors (Lipinski definition) is 6. The maximum Gasteiger partial charge on any atom is 0.288 e. The number of H-pyrrole nitrogens is 1. The Labute approximate surface area is 285 Å². The van der Waals surface area contributed by atoms with Gasteiger partial charge in [-0.2, -0.15) is 8.93 Å².